The highest BCUT2D eigenvalue weighted by Gasteiger charge is 2.30. The molecule has 0 fully saturated rings. The molecule has 3 rings (SSSR count). The molecule has 3 aromatic rings. The molecule has 6 nitrogen and oxygen atoms in total. The molecular formula is C21H21ClN2O4S. The average Bonchev–Trinajstić information content (AvgIpc) is 3.17. The largest absolute Gasteiger partial charge is 0.493 e. The lowest BCUT2D eigenvalue weighted by molar-refractivity contribution is -0.128. The maximum absolute atomic E-state index is 12.7. The number of benzene rings is 2. The maximum Gasteiger partial charge on any atom is 0.269 e. The third kappa shape index (κ3) is 4.99. The third-order valence-corrected chi connectivity index (χ3v) is 5.15. The summed E-state index contributed by atoms with van der Waals surface area (Å²) in [5.41, 5.74) is 0.488. The van der Waals surface area contributed by atoms with Crippen molar-refractivity contribution in [1.29, 1.82) is 0 Å². The minimum Gasteiger partial charge on any atom is -0.493 e. The van der Waals surface area contributed by atoms with E-state index >= 15 is 0 Å². The van der Waals surface area contributed by atoms with Gasteiger partial charge in [0.2, 0.25) is 0 Å². The smallest absolute Gasteiger partial charge is 0.269 e. The van der Waals surface area contributed by atoms with E-state index in [9.17, 15) is 4.79 Å². The number of ether oxygens (including phenoxy) is 3. The summed E-state index contributed by atoms with van der Waals surface area (Å²) >= 11 is 7.22. The fourth-order valence-corrected chi connectivity index (χ4v) is 3.39. The number of nitrogens with zero attached hydrogens (tertiary/aromatic N) is 1. The van der Waals surface area contributed by atoms with E-state index in [0.29, 0.717) is 27.4 Å². The van der Waals surface area contributed by atoms with Gasteiger partial charge in [-0.25, -0.2) is 4.98 Å². The molecule has 0 aliphatic rings. The Morgan fingerprint density at radius 1 is 1.07 bits per heavy atom. The molecule has 1 heterocycles. The second kappa shape index (κ2) is 8.71. The van der Waals surface area contributed by atoms with Crippen LogP contribution in [0.5, 0.6) is 17.2 Å². The zero-order chi connectivity index (χ0) is 21.0. The van der Waals surface area contributed by atoms with E-state index in [1.165, 1.54) is 11.3 Å². The Morgan fingerprint density at radius 3 is 2.41 bits per heavy atom. The van der Waals surface area contributed by atoms with Gasteiger partial charge in [0.25, 0.3) is 5.91 Å². The summed E-state index contributed by atoms with van der Waals surface area (Å²) in [5.74, 6) is 1.50. The first-order valence-corrected chi connectivity index (χ1v) is 10.0. The Hall–Kier alpha value is -2.77. The highest BCUT2D eigenvalue weighted by molar-refractivity contribution is 7.14. The van der Waals surface area contributed by atoms with E-state index in [0.717, 1.165) is 11.3 Å². The molecule has 0 aliphatic carbocycles. The lowest BCUT2D eigenvalue weighted by atomic mass is 10.1. The van der Waals surface area contributed by atoms with Gasteiger partial charge in [-0.3, -0.25) is 10.1 Å². The van der Waals surface area contributed by atoms with Crippen molar-refractivity contribution in [3.8, 4) is 28.5 Å². The Kier molecular flexibility index (Phi) is 6.30. The Morgan fingerprint density at radius 2 is 1.76 bits per heavy atom. The van der Waals surface area contributed by atoms with Crippen LogP contribution in [-0.4, -0.2) is 30.7 Å². The van der Waals surface area contributed by atoms with Crippen molar-refractivity contribution >= 4 is 34.0 Å². The van der Waals surface area contributed by atoms with E-state index in [1.54, 1.807) is 52.3 Å². The Balaban J connectivity index is 1.72. The van der Waals surface area contributed by atoms with Crippen molar-refractivity contribution in [2.24, 2.45) is 0 Å². The molecule has 1 N–H and O–H groups in total. The van der Waals surface area contributed by atoms with Crippen LogP contribution >= 0.6 is 22.9 Å². The van der Waals surface area contributed by atoms with Gasteiger partial charge in [-0.15, -0.1) is 11.3 Å². The number of carbonyl (C=O) groups excluding carboxylic acids is 1. The van der Waals surface area contributed by atoms with Crippen LogP contribution in [0.3, 0.4) is 0 Å². The molecule has 0 atom stereocenters. The molecule has 2 aromatic carbocycles. The third-order valence-electron chi connectivity index (χ3n) is 4.14. The van der Waals surface area contributed by atoms with Crippen LogP contribution in [0.2, 0.25) is 5.02 Å². The predicted molar refractivity (Wildman–Crippen MR) is 115 cm³/mol. The number of methoxy groups -OCH3 is 2. The average molecular weight is 433 g/mol. The van der Waals surface area contributed by atoms with Crippen LogP contribution in [-0.2, 0) is 4.79 Å². The summed E-state index contributed by atoms with van der Waals surface area (Å²) < 4.78 is 16.4. The SMILES string of the molecule is COc1ccc(-c2csc(NC(=O)C(C)(C)Oc3ccc(Cl)cc3)n2)cc1OC. The van der Waals surface area contributed by atoms with Gasteiger partial charge in [0, 0.05) is 16.0 Å². The standard InChI is InChI=1S/C21H21ClN2O4S/c1-21(2,28-15-8-6-14(22)7-9-15)19(25)24-20-23-16(12-29-20)13-5-10-17(26-3)18(11-13)27-4/h5-12H,1-4H3,(H,23,24,25). The molecule has 0 saturated carbocycles. The molecule has 0 saturated heterocycles. The summed E-state index contributed by atoms with van der Waals surface area (Å²) in [6.07, 6.45) is 0. The number of carbonyl (C=O) groups is 1. The number of anilines is 1. The van der Waals surface area contributed by atoms with Crippen molar-refractivity contribution in [3.63, 3.8) is 0 Å². The van der Waals surface area contributed by atoms with E-state index in [-0.39, 0.29) is 5.91 Å². The summed E-state index contributed by atoms with van der Waals surface area (Å²) in [7, 11) is 3.17. The number of nitrogens with one attached hydrogen (secondary N) is 1. The van der Waals surface area contributed by atoms with Gasteiger partial charge in [0.1, 0.15) is 5.75 Å². The minimum atomic E-state index is -1.09. The zero-order valence-corrected chi connectivity index (χ0v) is 18.1. The normalized spacial score (nSPS) is 11.1. The molecule has 0 unspecified atom stereocenters. The van der Waals surface area contributed by atoms with E-state index < -0.39 is 5.60 Å². The molecule has 8 heteroatoms. The molecule has 0 radical (unpaired) electrons. The first-order valence-electron chi connectivity index (χ1n) is 8.76. The number of thiazole rings is 1. The topological polar surface area (TPSA) is 69.7 Å². The fraction of sp³-hybridized carbons (Fsp3) is 0.238. The number of halogens is 1. The molecule has 152 valence electrons. The number of aromatic nitrogens is 1. The van der Waals surface area contributed by atoms with Gasteiger partial charge in [0.15, 0.2) is 22.2 Å². The van der Waals surface area contributed by atoms with Crippen LogP contribution in [0.1, 0.15) is 13.8 Å². The molecule has 0 bridgehead atoms. The number of amides is 1. The van der Waals surface area contributed by atoms with E-state index in [2.05, 4.69) is 10.3 Å². The van der Waals surface area contributed by atoms with E-state index in [1.807, 2.05) is 23.6 Å². The van der Waals surface area contributed by atoms with Crippen molar-refractivity contribution in [1.82, 2.24) is 4.98 Å². The minimum absolute atomic E-state index is 0.305. The molecule has 0 aliphatic heterocycles. The second-order valence-corrected chi connectivity index (χ2v) is 7.92. The maximum atomic E-state index is 12.7. The van der Waals surface area contributed by atoms with Crippen LogP contribution in [0.4, 0.5) is 5.13 Å². The number of rotatable bonds is 7. The van der Waals surface area contributed by atoms with E-state index in [4.69, 9.17) is 25.8 Å². The fourth-order valence-electron chi connectivity index (χ4n) is 2.55. The van der Waals surface area contributed by atoms with Gasteiger partial charge >= 0.3 is 0 Å². The second-order valence-electron chi connectivity index (χ2n) is 6.63. The summed E-state index contributed by atoms with van der Waals surface area (Å²) in [6.45, 7) is 3.39. The molecule has 1 aromatic heterocycles. The zero-order valence-electron chi connectivity index (χ0n) is 16.5. The monoisotopic (exact) mass is 432 g/mol. The van der Waals surface area contributed by atoms with Crippen molar-refractivity contribution in [3.05, 3.63) is 52.9 Å². The van der Waals surface area contributed by atoms with Crippen LogP contribution in [0.25, 0.3) is 11.3 Å². The van der Waals surface area contributed by atoms with Gasteiger partial charge in [-0.05, 0) is 56.3 Å². The lowest BCUT2D eigenvalue weighted by Gasteiger charge is -2.24. The molecule has 29 heavy (non-hydrogen) atoms. The molecular weight excluding hydrogens is 412 g/mol. The van der Waals surface area contributed by atoms with Gasteiger partial charge in [-0.2, -0.15) is 0 Å². The van der Waals surface area contributed by atoms with Crippen LogP contribution < -0.4 is 19.5 Å². The first kappa shape index (κ1) is 21.0. The van der Waals surface area contributed by atoms with Crippen LogP contribution in [0.15, 0.2) is 47.8 Å². The molecule has 0 spiro atoms. The van der Waals surface area contributed by atoms with Gasteiger partial charge in [0.05, 0.1) is 19.9 Å². The van der Waals surface area contributed by atoms with Crippen molar-refractivity contribution in [2.75, 3.05) is 19.5 Å². The van der Waals surface area contributed by atoms with Crippen molar-refractivity contribution < 1.29 is 19.0 Å². The summed E-state index contributed by atoms with van der Waals surface area (Å²) in [4.78, 5) is 17.2. The quantitative estimate of drug-likeness (QED) is 0.550. The summed E-state index contributed by atoms with van der Waals surface area (Å²) in [6, 6.07) is 12.4. The predicted octanol–water partition coefficient (Wildman–Crippen LogP) is 5.28. The lowest BCUT2D eigenvalue weighted by Crippen LogP contribution is -2.42. The number of hydrogen-bond donors (Lipinski definition) is 1. The van der Waals surface area contributed by atoms with Gasteiger partial charge < -0.3 is 14.2 Å². The summed E-state index contributed by atoms with van der Waals surface area (Å²) in [5, 5.41) is 5.76. The molecule has 1 amide bonds. The Labute approximate surface area is 178 Å². The number of hydrogen-bond acceptors (Lipinski definition) is 6. The highest BCUT2D eigenvalue weighted by atomic mass is 35.5. The first-order chi connectivity index (χ1) is 13.8. The van der Waals surface area contributed by atoms with Crippen molar-refractivity contribution in [2.45, 2.75) is 19.4 Å². The van der Waals surface area contributed by atoms with Gasteiger partial charge in [-0.1, -0.05) is 11.6 Å². The van der Waals surface area contributed by atoms with Crippen LogP contribution in [0, 0.1) is 0 Å². The highest BCUT2D eigenvalue weighted by Crippen LogP contribution is 2.33. The Bertz CT molecular complexity index is 1000.